The molecule has 0 spiro atoms. The van der Waals surface area contributed by atoms with Crippen LogP contribution in [0, 0.1) is 6.92 Å². The summed E-state index contributed by atoms with van der Waals surface area (Å²) in [5.41, 5.74) is 8.79. The second kappa shape index (κ2) is 6.35. The molecule has 3 N–H and O–H groups in total. The summed E-state index contributed by atoms with van der Waals surface area (Å²) < 4.78 is 0. The fourth-order valence-corrected chi connectivity index (χ4v) is 2.40. The Morgan fingerprint density at radius 1 is 1.05 bits per heavy atom. The van der Waals surface area contributed by atoms with Crippen molar-refractivity contribution < 1.29 is 4.79 Å². The van der Waals surface area contributed by atoms with E-state index in [4.69, 9.17) is 5.73 Å². The van der Waals surface area contributed by atoms with Crippen LogP contribution >= 0.6 is 0 Å². The molecule has 0 unspecified atom stereocenters. The third-order valence-electron chi connectivity index (χ3n) is 3.49. The number of hydrogen-bond donors (Lipinski definition) is 2. The maximum absolute atomic E-state index is 11.7. The minimum atomic E-state index is -0.481. The topological polar surface area (TPSA) is 55.1 Å². The van der Waals surface area contributed by atoms with E-state index in [1.54, 1.807) is 0 Å². The highest BCUT2D eigenvalue weighted by Crippen LogP contribution is 2.21. The number of nitrogens with two attached hydrogens (primary N) is 1. The van der Waals surface area contributed by atoms with Crippen molar-refractivity contribution >= 4 is 5.91 Å². The number of aryl methyl sites for hydroxylation is 1. The third-order valence-corrected chi connectivity index (χ3v) is 3.49. The Morgan fingerprint density at radius 2 is 1.65 bits per heavy atom. The average Bonchev–Trinajstić information content (AvgIpc) is 2.45. The largest absolute Gasteiger partial charge is 0.368 e. The highest BCUT2D eigenvalue weighted by Gasteiger charge is 2.20. The van der Waals surface area contributed by atoms with Gasteiger partial charge in [-0.05, 0) is 30.5 Å². The van der Waals surface area contributed by atoms with Gasteiger partial charge in [0, 0.05) is 6.04 Å². The Bertz CT molecular complexity index is 581. The van der Waals surface area contributed by atoms with Gasteiger partial charge in [-0.3, -0.25) is 10.1 Å². The van der Waals surface area contributed by atoms with Gasteiger partial charge in [0.1, 0.15) is 6.04 Å². The first-order chi connectivity index (χ1) is 9.59. The first-order valence-electron chi connectivity index (χ1n) is 6.75. The van der Waals surface area contributed by atoms with Crippen molar-refractivity contribution in [1.29, 1.82) is 0 Å². The van der Waals surface area contributed by atoms with E-state index < -0.39 is 6.04 Å². The number of amides is 1. The van der Waals surface area contributed by atoms with Crippen LogP contribution in [0.3, 0.4) is 0 Å². The lowest BCUT2D eigenvalue weighted by atomic mass is 9.99. The van der Waals surface area contributed by atoms with E-state index in [1.807, 2.05) is 49.4 Å². The molecule has 0 saturated carbocycles. The summed E-state index contributed by atoms with van der Waals surface area (Å²) in [7, 11) is 0. The molecule has 0 radical (unpaired) electrons. The molecule has 0 bridgehead atoms. The Kier molecular flexibility index (Phi) is 4.53. The zero-order valence-electron chi connectivity index (χ0n) is 11.8. The summed E-state index contributed by atoms with van der Waals surface area (Å²) in [4.78, 5) is 11.7. The number of rotatable bonds is 5. The zero-order chi connectivity index (χ0) is 14.5. The third kappa shape index (κ3) is 3.25. The molecular formula is C17H20N2O. The van der Waals surface area contributed by atoms with E-state index in [1.165, 1.54) is 11.1 Å². The second-order valence-corrected chi connectivity index (χ2v) is 4.99. The maximum atomic E-state index is 11.7. The van der Waals surface area contributed by atoms with Crippen LogP contribution in [0.4, 0.5) is 0 Å². The van der Waals surface area contributed by atoms with Crippen molar-refractivity contribution in [3.8, 4) is 0 Å². The molecule has 0 aliphatic carbocycles. The molecule has 2 atom stereocenters. The summed E-state index contributed by atoms with van der Waals surface area (Å²) in [6.07, 6.45) is 0. The number of benzene rings is 2. The van der Waals surface area contributed by atoms with Gasteiger partial charge in [-0.15, -0.1) is 0 Å². The van der Waals surface area contributed by atoms with Crippen LogP contribution in [0.25, 0.3) is 0 Å². The summed E-state index contributed by atoms with van der Waals surface area (Å²) >= 11 is 0. The van der Waals surface area contributed by atoms with Crippen LogP contribution in [0.2, 0.25) is 0 Å². The van der Waals surface area contributed by atoms with Crippen LogP contribution in [0.15, 0.2) is 54.6 Å². The van der Waals surface area contributed by atoms with Gasteiger partial charge in [-0.1, -0.05) is 54.6 Å². The molecule has 2 aromatic rings. The first kappa shape index (κ1) is 14.3. The van der Waals surface area contributed by atoms with Crippen LogP contribution in [0.1, 0.15) is 35.7 Å². The average molecular weight is 268 g/mol. The number of nitrogens with one attached hydrogen (secondary N) is 1. The summed E-state index contributed by atoms with van der Waals surface area (Å²) in [6, 6.07) is 17.3. The van der Waals surface area contributed by atoms with Crippen molar-refractivity contribution in [2.75, 3.05) is 0 Å². The molecule has 2 aromatic carbocycles. The lowest BCUT2D eigenvalue weighted by molar-refractivity contribution is -0.120. The minimum Gasteiger partial charge on any atom is -0.368 e. The van der Waals surface area contributed by atoms with Crippen LogP contribution < -0.4 is 11.1 Å². The lowest BCUT2D eigenvalue weighted by Gasteiger charge is -2.22. The molecule has 0 aromatic heterocycles. The van der Waals surface area contributed by atoms with Gasteiger partial charge < -0.3 is 5.73 Å². The predicted octanol–water partition coefficient (Wildman–Crippen LogP) is 2.87. The molecule has 20 heavy (non-hydrogen) atoms. The smallest absolute Gasteiger partial charge is 0.239 e. The van der Waals surface area contributed by atoms with Crippen molar-refractivity contribution in [2.45, 2.75) is 25.9 Å². The molecule has 104 valence electrons. The van der Waals surface area contributed by atoms with E-state index in [-0.39, 0.29) is 11.9 Å². The van der Waals surface area contributed by atoms with Gasteiger partial charge in [0.15, 0.2) is 0 Å². The molecule has 0 fully saturated rings. The summed E-state index contributed by atoms with van der Waals surface area (Å²) in [6.45, 7) is 4.11. The number of primary amides is 1. The van der Waals surface area contributed by atoms with Gasteiger partial charge in [0.2, 0.25) is 5.91 Å². The predicted molar refractivity (Wildman–Crippen MR) is 81.1 cm³/mol. The number of carbonyl (C=O) groups is 1. The second-order valence-electron chi connectivity index (χ2n) is 4.99. The van der Waals surface area contributed by atoms with E-state index in [0.717, 1.165) is 5.56 Å². The molecule has 2 rings (SSSR count). The molecule has 1 amide bonds. The van der Waals surface area contributed by atoms with E-state index in [2.05, 4.69) is 24.4 Å². The van der Waals surface area contributed by atoms with E-state index in [9.17, 15) is 4.79 Å². The normalized spacial score (nSPS) is 13.7. The van der Waals surface area contributed by atoms with E-state index >= 15 is 0 Å². The monoisotopic (exact) mass is 268 g/mol. The van der Waals surface area contributed by atoms with Gasteiger partial charge in [0.05, 0.1) is 0 Å². The summed E-state index contributed by atoms with van der Waals surface area (Å²) in [5, 5.41) is 3.32. The Labute approximate surface area is 119 Å². The first-order valence-corrected chi connectivity index (χ1v) is 6.75. The lowest BCUT2D eigenvalue weighted by Crippen LogP contribution is -2.35. The van der Waals surface area contributed by atoms with Gasteiger partial charge >= 0.3 is 0 Å². The molecule has 0 aliphatic rings. The zero-order valence-corrected chi connectivity index (χ0v) is 11.8. The molecule has 0 aliphatic heterocycles. The highest BCUT2D eigenvalue weighted by molar-refractivity contribution is 5.81. The Balaban J connectivity index is 2.21. The fraction of sp³-hybridized carbons (Fsp3) is 0.235. The van der Waals surface area contributed by atoms with Gasteiger partial charge in [-0.2, -0.15) is 0 Å². The van der Waals surface area contributed by atoms with Crippen molar-refractivity contribution in [3.05, 3.63) is 71.3 Å². The van der Waals surface area contributed by atoms with Crippen LogP contribution in [-0.4, -0.2) is 5.91 Å². The van der Waals surface area contributed by atoms with Gasteiger partial charge in [0.25, 0.3) is 0 Å². The SMILES string of the molecule is Cc1ccccc1[C@@H](C)N[C@H](C(N)=O)c1ccccc1. The summed E-state index contributed by atoms with van der Waals surface area (Å²) in [5.74, 6) is -0.364. The molecule has 0 heterocycles. The van der Waals surface area contributed by atoms with Crippen molar-refractivity contribution in [1.82, 2.24) is 5.32 Å². The Hall–Kier alpha value is -2.13. The Morgan fingerprint density at radius 3 is 2.25 bits per heavy atom. The van der Waals surface area contributed by atoms with Crippen LogP contribution in [-0.2, 0) is 4.79 Å². The molecular weight excluding hydrogens is 248 g/mol. The number of carbonyl (C=O) groups excluding carboxylic acids is 1. The van der Waals surface area contributed by atoms with Crippen molar-refractivity contribution in [2.24, 2.45) is 5.73 Å². The highest BCUT2D eigenvalue weighted by atomic mass is 16.1. The fourth-order valence-electron chi connectivity index (χ4n) is 2.40. The van der Waals surface area contributed by atoms with Gasteiger partial charge in [-0.25, -0.2) is 0 Å². The molecule has 0 saturated heterocycles. The van der Waals surface area contributed by atoms with Crippen LogP contribution in [0.5, 0.6) is 0 Å². The van der Waals surface area contributed by atoms with Crippen molar-refractivity contribution in [3.63, 3.8) is 0 Å². The molecule has 3 heteroatoms. The molecule has 3 nitrogen and oxygen atoms in total. The maximum Gasteiger partial charge on any atom is 0.239 e. The standard InChI is InChI=1S/C17H20N2O/c1-12-8-6-7-11-15(12)13(2)19-16(17(18)20)14-9-4-3-5-10-14/h3-11,13,16,19H,1-2H3,(H2,18,20)/t13-,16+/m1/s1. The quantitative estimate of drug-likeness (QED) is 0.876. The number of hydrogen-bond acceptors (Lipinski definition) is 2. The van der Waals surface area contributed by atoms with E-state index in [0.29, 0.717) is 0 Å². The minimum absolute atomic E-state index is 0.0499.